The van der Waals surface area contributed by atoms with Gasteiger partial charge in [-0.2, -0.15) is 0 Å². The molecule has 2 aromatic carbocycles. The number of hydrogen-bond donors (Lipinski definition) is 2. The number of halogens is 2. The van der Waals surface area contributed by atoms with Crippen LogP contribution < -0.4 is 15.4 Å². The highest BCUT2D eigenvalue weighted by Crippen LogP contribution is 2.26. The van der Waals surface area contributed by atoms with Gasteiger partial charge in [-0.1, -0.05) is 23.7 Å². The normalized spacial score (nSPS) is 10.1. The van der Waals surface area contributed by atoms with Crippen molar-refractivity contribution < 1.29 is 13.9 Å². The second-order valence-electron chi connectivity index (χ2n) is 4.61. The van der Waals surface area contributed by atoms with Gasteiger partial charge < -0.3 is 15.4 Å². The first kappa shape index (κ1) is 16.1. The molecule has 0 saturated heterocycles. The van der Waals surface area contributed by atoms with Gasteiger partial charge in [-0.15, -0.1) is 0 Å². The SMILES string of the molecule is COc1ccc(NCC(=O)NCc2ccc(F)cc2)cc1Cl. The van der Waals surface area contributed by atoms with Gasteiger partial charge in [0.2, 0.25) is 5.91 Å². The Morgan fingerprint density at radius 3 is 2.59 bits per heavy atom. The fourth-order valence-corrected chi connectivity index (χ4v) is 2.08. The molecule has 0 radical (unpaired) electrons. The molecule has 0 aliphatic carbocycles. The summed E-state index contributed by atoms with van der Waals surface area (Å²) < 4.78 is 17.8. The molecule has 0 spiro atoms. The lowest BCUT2D eigenvalue weighted by atomic mass is 10.2. The van der Waals surface area contributed by atoms with Crippen molar-refractivity contribution in [1.82, 2.24) is 5.32 Å². The van der Waals surface area contributed by atoms with Crippen LogP contribution in [0.1, 0.15) is 5.56 Å². The van der Waals surface area contributed by atoms with Gasteiger partial charge in [-0.05, 0) is 35.9 Å². The molecule has 0 bridgehead atoms. The molecule has 2 N–H and O–H groups in total. The Kier molecular flexibility index (Phi) is 5.61. The predicted molar refractivity (Wildman–Crippen MR) is 84.7 cm³/mol. The van der Waals surface area contributed by atoms with Crippen LogP contribution in [0.15, 0.2) is 42.5 Å². The molecule has 1 amide bonds. The maximum absolute atomic E-state index is 12.8. The Labute approximate surface area is 133 Å². The van der Waals surface area contributed by atoms with Crippen LogP contribution in [-0.4, -0.2) is 19.6 Å². The lowest BCUT2D eigenvalue weighted by molar-refractivity contribution is -0.119. The van der Waals surface area contributed by atoms with Gasteiger partial charge in [0, 0.05) is 12.2 Å². The molecule has 2 aromatic rings. The van der Waals surface area contributed by atoms with Crippen molar-refractivity contribution in [1.29, 1.82) is 0 Å². The molecule has 116 valence electrons. The van der Waals surface area contributed by atoms with Crippen molar-refractivity contribution in [2.24, 2.45) is 0 Å². The monoisotopic (exact) mass is 322 g/mol. The molecule has 0 atom stereocenters. The summed E-state index contributed by atoms with van der Waals surface area (Å²) in [4.78, 5) is 11.8. The van der Waals surface area contributed by atoms with Gasteiger partial charge >= 0.3 is 0 Å². The third-order valence-corrected chi connectivity index (χ3v) is 3.30. The van der Waals surface area contributed by atoms with Crippen molar-refractivity contribution in [3.8, 4) is 5.75 Å². The van der Waals surface area contributed by atoms with Crippen molar-refractivity contribution in [3.63, 3.8) is 0 Å². The molecule has 0 aromatic heterocycles. The van der Waals surface area contributed by atoms with Crippen LogP contribution >= 0.6 is 11.6 Å². The summed E-state index contributed by atoms with van der Waals surface area (Å²) in [6.07, 6.45) is 0. The number of benzene rings is 2. The zero-order chi connectivity index (χ0) is 15.9. The van der Waals surface area contributed by atoms with Crippen LogP contribution in [0.25, 0.3) is 0 Å². The number of nitrogens with one attached hydrogen (secondary N) is 2. The first-order chi connectivity index (χ1) is 10.6. The molecule has 0 unspecified atom stereocenters. The Bertz CT molecular complexity index is 647. The predicted octanol–water partition coefficient (Wildman–Crippen LogP) is 3.22. The summed E-state index contributed by atoms with van der Waals surface area (Å²) in [5.41, 5.74) is 1.56. The van der Waals surface area contributed by atoms with Crippen molar-refractivity contribution in [3.05, 3.63) is 58.9 Å². The Hall–Kier alpha value is -2.27. The van der Waals surface area contributed by atoms with Gasteiger partial charge in [0.25, 0.3) is 0 Å². The van der Waals surface area contributed by atoms with Crippen molar-refractivity contribution >= 4 is 23.2 Å². The molecule has 0 fully saturated rings. The van der Waals surface area contributed by atoms with Crippen LogP contribution in [0.3, 0.4) is 0 Å². The Balaban J connectivity index is 1.80. The van der Waals surface area contributed by atoms with E-state index in [1.54, 1.807) is 30.3 Å². The number of methoxy groups -OCH3 is 1. The average Bonchev–Trinajstić information content (AvgIpc) is 2.52. The van der Waals surface area contributed by atoms with E-state index >= 15 is 0 Å². The minimum atomic E-state index is -0.298. The molecular weight excluding hydrogens is 307 g/mol. The van der Waals surface area contributed by atoms with E-state index in [1.807, 2.05) is 0 Å². The van der Waals surface area contributed by atoms with Gasteiger partial charge in [-0.3, -0.25) is 4.79 Å². The van der Waals surface area contributed by atoms with Gasteiger partial charge in [0.15, 0.2) is 0 Å². The van der Waals surface area contributed by atoms with Gasteiger partial charge in [0.1, 0.15) is 11.6 Å². The number of carbonyl (C=O) groups excluding carboxylic acids is 1. The first-order valence-electron chi connectivity index (χ1n) is 6.67. The summed E-state index contributed by atoms with van der Waals surface area (Å²) in [5, 5.41) is 6.19. The summed E-state index contributed by atoms with van der Waals surface area (Å²) in [6.45, 7) is 0.466. The molecule has 0 aliphatic rings. The highest BCUT2D eigenvalue weighted by atomic mass is 35.5. The van der Waals surface area contributed by atoms with Crippen molar-refractivity contribution in [2.45, 2.75) is 6.54 Å². The maximum Gasteiger partial charge on any atom is 0.239 e. The molecule has 22 heavy (non-hydrogen) atoms. The minimum absolute atomic E-state index is 0.115. The number of ether oxygens (including phenoxy) is 1. The van der Waals surface area contributed by atoms with E-state index in [0.717, 1.165) is 11.3 Å². The van der Waals surface area contributed by atoms with E-state index < -0.39 is 0 Å². The quantitative estimate of drug-likeness (QED) is 0.858. The zero-order valence-electron chi connectivity index (χ0n) is 12.0. The Morgan fingerprint density at radius 2 is 1.95 bits per heavy atom. The van der Waals surface area contributed by atoms with Gasteiger partial charge in [-0.25, -0.2) is 4.39 Å². The van der Waals surface area contributed by atoms with Gasteiger partial charge in [0.05, 0.1) is 18.7 Å². The van der Waals surface area contributed by atoms with E-state index in [1.165, 1.54) is 19.2 Å². The topological polar surface area (TPSA) is 50.4 Å². The van der Waals surface area contributed by atoms with Crippen molar-refractivity contribution in [2.75, 3.05) is 19.0 Å². The highest BCUT2D eigenvalue weighted by molar-refractivity contribution is 6.32. The number of hydrogen-bond acceptors (Lipinski definition) is 3. The number of amides is 1. The fourth-order valence-electron chi connectivity index (χ4n) is 1.82. The van der Waals surface area contributed by atoms with Crippen LogP contribution in [0.5, 0.6) is 5.75 Å². The average molecular weight is 323 g/mol. The van der Waals surface area contributed by atoms with E-state index in [-0.39, 0.29) is 18.3 Å². The van der Waals surface area contributed by atoms with E-state index in [9.17, 15) is 9.18 Å². The lowest BCUT2D eigenvalue weighted by Gasteiger charge is -2.09. The summed E-state index contributed by atoms with van der Waals surface area (Å²) in [7, 11) is 1.54. The molecule has 0 aliphatic heterocycles. The number of carbonyl (C=O) groups is 1. The van der Waals surface area contributed by atoms with E-state index in [4.69, 9.17) is 16.3 Å². The van der Waals surface area contributed by atoms with E-state index in [2.05, 4.69) is 10.6 Å². The zero-order valence-corrected chi connectivity index (χ0v) is 12.8. The third kappa shape index (κ3) is 4.63. The third-order valence-electron chi connectivity index (χ3n) is 3.01. The minimum Gasteiger partial charge on any atom is -0.495 e. The van der Waals surface area contributed by atoms with Crippen LogP contribution in [-0.2, 0) is 11.3 Å². The second kappa shape index (κ2) is 7.66. The lowest BCUT2D eigenvalue weighted by Crippen LogP contribution is -2.29. The molecule has 6 heteroatoms. The van der Waals surface area contributed by atoms with Crippen LogP contribution in [0.4, 0.5) is 10.1 Å². The standard InChI is InChI=1S/C16H16ClFN2O2/c1-22-15-7-6-13(8-14(15)17)19-10-16(21)20-9-11-2-4-12(18)5-3-11/h2-8,19H,9-10H2,1H3,(H,20,21). The molecule has 4 nitrogen and oxygen atoms in total. The Morgan fingerprint density at radius 1 is 1.23 bits per heavy atom. The summed E-state index contributed by atoms with van der Waals surface area (Å²) in [5.74, 6) is 0.109. The molecular formula is C16H16ClFN2O2. The largest absolute Gasteiger partial charge is 0.495 e. The maximum atomic E-state index is 12.8. The molecule has 0 saturated carbocycles. The number of rotatable bonds is 6. The molecule has 0 heterocycles. The van der Waals surface area contributed by atoms with E-state index in [0.29, 0.717) is 17.3 Å². The van der Waals surface area contributed by atoms with Crippen LogP contribution in [0.2, 0.25) is 5.02 Å². The van der Waals surface area contributed by atoms with Crippen LogP contribution in [0, 0.1) is 5.82 Å². The summed E-state index contributed by atoms with van der Waals surface area (Å²) >= 11 is 6.00. The number of anilines is 1. The summed E-state index contributed by atoms with van der Waals surface area (Å²) in [6, 6.07) is 11.2. The highest BCUT2D eigenvalue weighted by Gasteiger charge is 2.04. The second-order valence-corrected chi connectivity index (χ2v) is 5.01. The first-order valence-corrected chi connectivity index (χ1v) is 7.05. The fraction of sp³-hybridized carbons (Fsp3) is 0.188. The molecule has 2 rings (SSSR count). The smallest absolute Gasteiger partial charge is 0.239 e.